The molecule has 0 aromatic heterocycles. The van der Waals surface area contributed by atoms with Gasteiger partial charge in [-0.3, -0.25) is 4.79 Å². The molecular formula is C24H46N2O. The van der Waals surface area contributed by atoms with Gasteiger partial charge in [0.2, 0.25) is 5.91 Å². The summed E-state index contributed by atoms with van der Waals surface area (Å²) in [5, 5.41) is 0. The minimum Gasteiger partial charge on any atom is -0.345 e. The van der Waals surface area contributed by atoms with Gasteiger partial charge in [-0.2, -0.15) is 0 Å². The molecule has 2 saturated heterocycles. The van der Waals surface area contributed by atoms with Crippen LogP contribution in [0.2, 0.25) is 0 Å². The molecule has 2 heterocycles. The number of carbonyl (C=O) groups is 1. The van der Waals surface area contributed by atoms with E-state index in [4.69, 9.17) is 0 Å². The number of rotatable bonds is 4. The van der Waals surface area contributed by atoms with Gasteiger partial charge in [0, 0.05) is 20.1 Å². The van der Waals surface area contributed by atoms with Crippen LogP contribution in [-0.2, 0) is 4.79 Å². The topological polar surface area (TPSA) is 23.6 Å². The molecule has 0 aliphatic carbocycles. The summed E-state index contributed by atoms with van der Waals surface area (Å²) in [5.74, 6) is 1.49. The van der Waals surface area contributed by atoms with Crippen LogP contribution in [0.1, 0.15) is 86.5 Å². The molecule has 1 spiro atoms. The van der Waals surface area contributed by atoms with Gasteiger partial charge in [-0.05, 0) is 61.9 Å². The Hall–Kier alpha value is -0.570. The fourth-order valence-electron chi connectivity index (χ4n) is 6.17. The van der Waals surface area contributed by atoms with E-state index in [9.17, 15) is 4.79 Å². The van der Waals surface area contributed by atoms with Crippen LogP contribution in [0.5, 0.6) is 0 Å². The lowest BCUT2D eigenvalue weighted by molar-refractivity contribution is -0.159. The molecular weight excluding hydrogens is 332 g/mol. The highest BCUT2D eigenvalue weighted by Gasteiger charge is 2.54. The van der Waals surface area contributed by atoms with Crippen molar-refractivity contribution in [3.8, 4) is 0 Å². The zero-order chi connectivity index (χ0) is 20.5. The van der Waals surface area contributed by atoms with Gasteiger partial charge in [-0.15, -0.1) is 0 Å². The quantitative estimate of drug-likeness (QED) is 0.650. The first-order chi connectivity index (χ1) is 12.5. The van der Waals surface area contributed by atoms with Crippen molar-refractivity contribution < 1.29 is 4.79 Å². The monoisotopic (exact) mass is 378 g/mol. The van der Waals surface area contributed by atoms with Crippen molar-refractivity contribution in [2.24, 2.45) is 28.1 Å². The van der Waals surface area contributed by atoms with Crippen LogP contribution >= 0.6 is 0 Å². The Balaban J connectivity index is 2.41. The van der Waals surface area contributed by atoms with Gasteiger partial charge in [0.05, 0.1) is 5.41 Å². The molecule has 0 bridgehead atoms. The normalized spacial score (nSPS) is 42.1. The van der Waals surface area contributed by atoms with Crippen molar-refractivity contribution >= 4 is 5.91 Å². The third-order valence-corrected chi connectivity index (χ3v) is 8.53. The summed E-state index contributed by atoms with van der Waals surface area (Å²) in [6, 6.07) is 0. The third kappa shape index (κ3) is 4.54. The van der Waals surface area contributed by atoms with Crippen molar-refractivity contribution in [1.29, 1.82) is 0 Å². The van der Waals surface area contributed by atoms with Gasteiger partial charge in [0.1, 0.15) is 0 Å². The molecule has 27 heavy (non-hydrogen) atoms. The third-order valence-electron chi connectivity index (χ3n) is 8.53. The Morgan fingerprint density at radius 3 is 2.33 bits per heavy atom. The predicted molar refractivity (Wildman–Crippen MR) is 116 cm³/mol. The fraction of sp³-hybridized carbons (Fsp3) is 0.958. The van der Waals surface area contributed by atoms with Crippen molar-refractivity contribution in [2.45, 2.75) is 86.5 Å². The second-order valence-electron chi connectivity index (χ2n) is 10.9. The molecule has 3 heteroatoms. The number of carbonyl (C=O) groups excluding carboxylic acids is 1. The highest BCUT2D eigenvalue weighted by molar-refractivity contribution is 5.84. The SMILES string of the molecule is CCCCC1(C)CN(C)C(=O)C2(CN(C)CCC(C)(CC)C(C)CC2C)C1. The van der Waals surface area contributed by atoms with Crippen LogP contribution in [0.25, 0.3) is 0 Å². The van der Waals surface area contributed by atoms with E-state index in [1.165, 1.54) is 38.5 Å². The predicted octanol–water partition coefficient (Wildman–Crippen LogP) is 5.45. The number of nitrogens with zero attached hydrogens (tertiary/aromatic N) is 2. The Morgan fingerprint density at radius 1 is 1.07 bits per heavy atom. The molecule has 2 fully saturated rings. The minimum atomic E-state index is -0.225. The van der Waals surface area contributed by atoms with Crippen LogP contribution in [-0.4, -0.2) is 49.4 Å². The van der Waals surface area contributed by atoms with E-state index in [0.29, 0.717) is 23.2 Å². The van der Waals surface area contributed by atoms with Crippen LogP contribution in [0.4, 0.5) is 0 Å². The Morgan fingerprint density at radius 2 is 1.74 bits per heavy atom. The molecule has 3 nitrogen and oxygen atoms in total. The molecule has 2 aliphatic heterocycles. The first-order valence-corrected chi connectivity index (χ1v) is 11.5. The van der Waals surface area contributed by atoms with Gasteiger partial charge >= 0.3 is 0 Å². The van der Waals surface area contributed by atoms with Gasteiger partial charge < -0.3 is 9.80 Å². The molecule has 5 atom stereocenters. The minimum absolute atomic E-state index is 0.225. The number of hydrogen-bond acceptors (Lipinski definition) is 2. The standard InChI is InChI=1S/C24H46N2O/c1-9-11-12-22(5)16-24(21(27)26(8)17-22)18-25(7)14-13-23(6,10-2)19(3)15-20(24)4/h19-20H,9-18H2,1-8H3. The molecule has 0 N–H and O–H groups in total. The van der Waals surface area contributed by atoms with Crippen LogP contribution < -0.4 is 0 Å². The summed E-state index contributed by atoms with van der Waals surface area (Å²) in [4.78, 5) is 18.2. The summed E-state index contributed by atoms with van der Waals surface area (Å²) in [6.07, 6.45) is 8.43. The van der Waals surface area contributed by atoms with Gasteiger partial charge in [-0.1, -0.05) is 60.8 Å². The van der Waals surface area contributed by atoms with E-state index in [-0.39, 0.29) is 10.8 Å². The number of amides is 1. The van der Waals surface area contributed by atoms with E-state index >= 15 is 0 Å². The first-order valence-electron chi connectivity index (χ1n) is 11.5. The molecule has 1 amide bonds. The summed E-state index contributed by atoms with van der Waals surface area (Å²) in [5.41, 5.74) is 0.403. The maximum Gasteiger partial charge on any atom is 0.230 e. The summed E-state index contributed by atoms with van der Waals surface area (Å²) < 4.78 is 0. The molecule has 0 aromatic rings. The lowest BCUT2D eigenvalue weighted by atomic mass is 9.58. The van der Waals surface area contributed by atoms with Crippen molar-refractivity contribution in [1.82, 2.24) is 9.80 Å². The number of unbranched alkanes of at least 4 members (excludes halogenated alkanes) is 1. The average Bonchev–Trinajstić information content (AvgIpc) is 2.64. The van der Waals surface area contributed by atoms with Gasteiger partial charge in [-0.25, -0.2) is 0 Å². The smallest absolute Gasteiger partial charge is 0.230 e. The second-order valence-corrected chi connectivity index (χ2v) is 10.9. The molecule has 2 aliphatic rings. The van der Waals surface area contributed by atoms with Crippen LogP contribution in [0, 0.1) is 28.1 Å². The Bertz CT molecular complexity index is 521. The molecule has 0 radical (unpaired) electrons. The van der Waals surface area contributed by atoms with E-state index < -0.39 is 0 Å². The summed E-state index contributed by atoms with van der Waals surface area (Å²) in [7, 11) is 4.29. The molecule has 0 saturated carbocycles. The zero-order valence-corrected chi connectivity index (χ0v) is 19.5. The average molecular weight is 379 g/mol. The number of likely N-dealkylation sites (tertiary alicyclic amines) is 1. The summed E-state index contributed by atoms with van der Waals surface area (Å²) >= 11 is 0. The highest BCUT2D eigenvalue weighted by atomic mass is 16.2. The van der Waals surface area contributed by atoms with E-state index in [1.54, 1.807) is 0 Å². The number of hydrogen-bond donors (Lipinski definition) is 0. The van der Waals surface area contributed by atoms with E-state index in [1.807, 2.05) is 7.05 Å². The van der Waals surface area contributed by atoms with Gasteiger partial charge in [0.15, 0.2) is 0 Å². The fourth-order valence-corrected chi connectivity index (χ4v) is 6.17. The van der Waals surface area contributed by atoms with E-state index in [2.05, 4.69) is 58.4 Å². The van der Waals surface area contributed by atoms with Gasteiger partial charge in [0.25, 0.3) is 0 Å². The maximum atomic E-state index is 13.6. The molecule has 158 valence electrons. The lowest BCUT2D eigenvalue weighted by Gasteiger charge is -2.53. The van der Waals surface area contributed by atoms with Crippen molar-refractivity contribution in [2.75, 3.05) is 33.7 Å². The Labute approximate surface area is 169 Å². The highest BCUT2D eigenvalue weighted by Crippen LogP contribution is 2.52. The molecule has 5 unspecified atom stereocenters. The maximum absolute atomic E-state index is 13.6. The van der Waals surface area contributed by atoms with Crippen LogP contribution in [0.15, 0.2) is 0 Å². The first kappa shape index (κ1) is 22.7. The summed E-state index contributed by atoms with van der Waals surface area (Å²) in [6.45, 7) is 17.3. The Kier molecular flexibility index (Phi) is 7.09. The molecule has 2 rings (SSSR count). The van der Waals surface area contributed by atoms with Crippen molar-refractivity contribution in [3.63, 3.8) is 0 Å². The van der Waals surface area contributed by atoms with Crippen LogP contribution in [0.3, 0.4) is 0 Å². The van der Waals surface area contributed by atoms with Crippen molar-refractivity contribution in [3.05, 3.63) is 0 Å². The number of piperidine rings is 1. The lowest BCUT2D eigenvalue weighted by Crippen LogP contribution is -2.60. The largest absolute Gasteiger partial charge is 0.345 e. The van der Waals surface area contributed by atoms with E-state index in [0.717, 1.165) is 26.1 Å². The second kappa shape index (κ2) is 8.43. The molecule has 0 aromatic carbocycles. The zero-order valence-electron chi connectivity index (χ0n) is 19.5.